The predicted molar refractivity (Wildman–Crippen MR) is 84.5 cm³/mol. The van der Waals surface area contributed by atoms with E-state index in [0.29, 0.717) is 6.54 Å². The summed E-state index contributed by atoms with van der Waals surface area (Å²) in [5.41, 5.74) is 2.10. The number of nitrogens with one attached hydrogen (secondary N) is 1. The van der Waals surface area contributed by atoms with Crippen molar-refractivity contribution in [2.45, 2.75) is 6.92 Å². The zero-order chi connectivity index (χ0) is 13.9. The van der Waals surface area contributed by atoms with Crippen LogP contribution in [0.15, 0.2) is 61.3 Å². The van der Waals surface area contributed by atoms with Crippen molar-refractivity contribution in [3.05, 3.63) is 67.0 Å². The topological polar surface area (TPSA) is 29.9 Å². The Bertz CT molecular complexity index is 756. The average molecular weight is 263 g/mol. The lowest BCUT2D eigenvalue weighted by Gasteiger charge is -2.09. The summed E-state index contributed by atoms with van der Waals surface area (Å²) in [6, 6.07) is 14.8. The fourth-order valence-electron chi connectivity index (χ4n) is 2.31. The Balaban J connectivity index is 2.07. The van der Waals surface area contributed by atoms with E-state index in [-0.39, 0.29) is 0 Å². The van der Waals surface area contributed by atoms with E-state index in [2.05, 4.69) is 63.9 Å². The molecule has 1 N–H and O–H groups in total. The molecule has 0 saturated heterocycles. The lowest BCUT2D eigenvalue weighted by molar-refractivity contribution is 1.04. The van der Waals surface area contributed by atoms with Gasteiger partial charge in [0.1, 0.15) is 0 Å². The van der Waals surface area contributed by atoms with Crippen LogP contribution in [0.4, 0.5) is 5.95 Å². The summed E-state index contributed by atoms with van der Waals surface area (Å²) in [5.74, 6) is 0.845. The van der Waals surface area contributed by atoms with Crippen LogP contribution in [-0.2, 0) is 0 Å². The second kappa shape index (κ2) is 5.21. The average Bonchev–Trinajstić information content (AvgIpc) is 2.85. The first kappa shape index (κ1) is 12.5. The van der Waals surface area contributed by atoms with E-state index in [1.165, 1.54) is 10.8 Å². The van der Waals surface area contributed by atoms with Crippen molar-refractivity contribution >= 4 is 16.7 Å². The zero-order valence-electron chi connectivity index (χ0n) is 11.5. The molecule has 0 amide bonds. The lowest BCUT2D eigenvalue weighted by atomic mass is 10.1. The molecule has 20 heavy (non-hydrogen) atoms. The number of hydrogen-bond acceptors (Lipinski definition) is 2. The van der Waals surface area contributed by atoms with E-state index in [1.807, 2.05) is 19.2 Å². The van der Waals surface area contributed by atoms with E-state index in [9.17, 15) is 0 Å². The Labute approximate surface area is 118 Å². The summed E-state index contributed by atoms with van der Waals surface area (Å²) in [6.45, 7) is 6.42. The molecule has 2 aromatic carbocycles. The molecule has 3 aromatic rings. The molecule has 3 rings (SSSR count). The van der Waals surface area contributed by atoms with E-state index in [4.69, 9.17) is 0 Å². The van der Waals surface area contributed by atoms with Gasteiger partial charge in [0.05, 0.1) is 5.69 Å². The van der Waals surface area contributed by atoms with Crippen LogP contribution in [0.1, 0.15) is 5.69 Å². The first-order valence-corrected chi connectivity index (χ1v) is 6.68. The van der Waals surface area contributed by atoms with Crippen LogP contribution in [-0.4, -0.2) is 16.1 Å². The molecule has 3 nitrogen and oxygen atoms in total. The summed E-state index contributed by atoms with van der Waals surface area (Å²) in [5, 5.41) is 5.74. The number of nitrogens with zero attached hydrogens (tertiary/aromatic N) is 2. The molecule has 1 aromatic heterocycles. The largest absolute Gasteiger partial charge is 0.352 e. The van der Waals surface area contributed by atoms with Gasteiger partial charge in [-0.1, -0.05) is 36.4 Å². The SMILES string of the molecule is C=CCNc1nc(C)cn1-c1ccc2ccccc2c1. The van der Waals surface area contributed by atoms with Crippen LogP contribution in [0.5, 0.6) is 0 Å². The van der Waals surface area contributed by atoms with Crippen LogP contribution in [0.25, 0.3) is 16.5 Å². The van der Waals surface area contributed by atoms with Crippen LogP contribution < -0.4 is 5.32 Å². The molecule has 0 fully saturated rings. The molecule has 0 saturated carbocycles. The van der Waals surface area contributed by atoms with Gasteiger partial charge >= 0.3 is 0 Å². The maximum Gasteiger partial charge on any atom is 0.207 e. The van der Waals surface area contributed by atoms with Gasteiger partial charge in [-0.3, -0.25) is 4.57 Å². The van der Waals surface area contributed by atoms with Gasteiger partial charge in [-0.15, -0.1) is 6.58 Å². The number of imidazole rings is 1. The van der Waals surface area contributed by atoms with Gasteiger partial charge in [0.15, 0.2) is 0 Å². The summed E-state index contributed by atoms with van der Waals surface area (Å²) in [4.78, 5) is 4.51. The van der Waals surface area contributed by atoms with Gasteiger partial charge in [0.2, 0.25) is 5.95 Å². The van der Waals surface area contributed by atoms with Gasteiger partial charge in [-0.05, 0) is 29.8 Å². The Morgan fingerprint density at radius 3 is 2.80 bits per heavy atom. The molecule has 3 heteroatoms. The van der Waals surface area contributed by atoms with Gasteiger partial charge in [0.25, 0.3) is 0 Å². The van der Waals surface area contributed by atoms with Crippen molar-refractivity contribution in [2.75, 3.05) is 11.9 Å². The molecule has 1 heterocycles. The Morgan fingerprint density at radius 2 is 2.00 bits per heavy atom. The summed E-state index contributed by atoms with van der Waals surface area (Å²) >= 11 is 0. The number of hydrogen-bond donors (Lipinski definition) is 1. The van der Waals surface area contributed by atoms with Gasteiger partial charge in [-0.2, -0.15) is 0 Å². The Morgan fingerprint density at radius 1 is 1.20 bits per heavy atom. The minimum absolute atomic E-state index is 0.698. The number of aromatic nitrogens is 2. The zero-order valence-corrected chi connectivity index (χ0v) is 11.5. The normalized spacial score (nSPS) is 10.7. The van der Waals surface area contributed by atoms with Crippen molar-refractivity contribution < 1.29 is 0 Å². The smallest absolute Gasteiger partial charge is 0.207 e. The minimum atomic E-state index is 0.698. The minimum Gasteiger partial charge on any atom is -0.352 e. The van der Waals surface area contributed by atoms with Crippen molar-refractivity contribution in [3.8, 4) is 5.69 Å². The molecule has 0 aliphatic heterocycles. The fourth-order valence-corrected chi connectivity index (χ4v) is 2.31. The van der Waals surface area contributed by atoms with Crippen molar-refractivity contribution in [1.29, 1.82) is 0 Å². The van der Waals surface area contributed by atoms with Gasteiger partial charge < -0.3 is 5.32 Å². The molecule has 0 bridgehead atoms. The van der Waals surface area contributed by atoms with E-state index in [1.54, 1.807) is 0 Å². The van der Waals surface area contributed by atoms with Gasteiger partial charge in [0, 0.05) is 18.4 Å². The van der Waals surface area contributed by atoms with Crippen LogP contribution in [0, 0.1) is 6.92 Å². The number of anilines is 1. The Kier molecular flexibility index (Phi) is 3.25. The highest BCUT2D eigenvalue weighted by atomic mass is 15.2. The third-order valence-corrected chi connectivity index (χ3v) is 3.24. The highest BCUT2D eigenvalue weighted by molar-refractivity contribution is 5.84. The summed E-state index contributed by atoms with van der Waals surface area (Å²) in [6.07, 6.45) is 3.87. The van der Waals surface area contributed by atoms with Crippen molar-refractivity contribution in [3.63, 3.8) is 0 Å². The first-order valence-electron chi connectivity index (χ1n) is 6.68. The highest BCUT2D eigenvalue weighted by Gasteiger charge is 2.07. The maximum atomic E-state index is 4.51. The molecule has 0 aliphatic carbocycles. The highest BCUT2D eigenvalue weighted by Crippen LogP contribution is 2.21. The second-order valence-corrected chi connectivity index (χ2v) is 4.78. The second-order valence-electron chi connectivity index (χ2n) is 4.78. The molecule has 0 spiro atoms. The standard InChI is InChI=1S/C17H17N3/c1-3-10-18-17-19-13(2)12-20(17)16-9-8-14-6-4-5-7-15(14)11-16/h3-9,11-12H,1,10H2,2H3,(H,18,19). The quantitative estimate of drug-likeness (QED) is 0.723. The monoisotopic (exact) mass is 263 g/mol. The van der Waals surface area contributed by atoms with Crippen molar-refractivity contribution in [1.82, 2.24) is 9.55 Å². The van der Waals surface area contributed by atoms with Crippen LogP contribution >= 0.6 is 0 Å². The fraction of sp³-hybridized carbons (Fsp3) is 0.118. The van der Waals surface area contributed by atoms with Crippen molar-refractivity contribution in [2.24, 2.45) is 0 Å². The molecular formula is C17H17N3. The number of rotatable bonds is 4. The summed E-state index contributed by atoms with van der Waals surface area (Å²) in [7, 11) is 0. The van der Waals surface area contributed by atoms with Crippen LogP contribution in [0.2, 0.25) is 0 Å². The maximum absolute atomic E-state index is 4.51. The molecule has 100 valence electrons. The third-order valence-electron chi connectivity index (χ3n) is 3.24. The lowest BCUT2D eigenvalue weighted by Crippen LogP contribution is -2.05. The molecular weight excluding hydrogens is 246 g/mol. The number of fused-ring (bicyclic) bond motifs is 1. The van der Waals surface area contributed by atoms with E-state index in [0.717, 1.165) is 17.3 Å². The number of aryl methyl sites for hydroxylation is 1. The van der Waals surface area contributed by atoms with Gasteiger partial charge in [-0.25, -0.2) is 4.98 Å². The van der Waals surface area contributed by atoms with E-state index >= 15 is 0 Å². The van der Waals surface area contributed by atoms with E-state index < -0.39 is 0 Å². The predicted octanol–water partition coefficient (Wildman–Crippen LogP) is 3.93. The molecule has 0 atom stereocenters. The Hall–Kier alpha value is -2.55. The number of benzene rings is 2. The molecule has 0 unspecified atom stereocenters. The molecule has 0 radical (unpaired) electrons. The first-order chi connectivity index (χ1) is 9.78. The third kappa shape index (κ3) is 2.30. The summed E-state index contributed by atoms with van der Waals surface area (Å²) < 4.78 is 2.07. The van der Waals surface area contributed by atoms with Crippen LogP contribution in [0.3, 0.4) is 0 Å². The molecule has 0 aliphatic rings.